The monoisotopic (exact) mass is 136 g/mol. The zero-order valence-corrected chi connectivity index (χ0v) is 5.15. The molecule has 0 rings (SSSR count). The van der Waals surface area contributed by atoms with Crippen LogP contribution in [0.2, 0.25) is 0 Å². The first-order chi connectivity index (χ1) is 3.77. The van der Waals surface area contributed by atoms with Crippen molar-refractivity contribution in [3.63, 3.8) is 0 Å². The van der Waals surface area contributed by atoms with Gasteiger partial charge in [-0.3, -0.25) is 0 Å². The molecule has 4 heteroatoms. The van der Waals surface area contributed by atoms with E-state index in [4.69, 9.17) is 10.2 Å². The Hall–Kier alpha value is -0.220. The van der Waals surface area contributed by atoms with Crippen molar-refractivity contribution in [3.05, 3.63) is 0 Å². The van der Waals surface area contributed by atoms with Gasteiger partial charge in [0.15, 0.2) is 0 Å². The van der Waals surface area contributed by atoms with E-state index in [0.29, 0.717) is 12.2 Å². The molecule has 0 radical (unpaired) electrons. The van der Waals surface area contributed by atoms with Gasteiger partial charge in [-0.1, -0.05) is 0 Å². The van der Waals surface area contributed by atoms with Crippen molar-refractivity contribution in [1.82, 2.24) is 0 Å². The Morgan fingerprint density at radius 2 is 2.25 bits per heavy atom. The quantitative estimate of drug-likeness (QED) is 0.563. The molecule has 0 spiro atoms. The molecule has 3 nitrogen and oxygen atoms in total. The van der Waals surface area contributed by atoms with Crippen LogP contribution < -0.4 is 0 Å². The van der Waals surface area contributed by atoms with E-state index < -0.39 is 5.30 Å². The number of thioether (sulfide) groups is 1. The van der Waals surface area contributed by atoms with E-state index in [1.54, 1.807) is 0 Å². The molecule has 0 amide bonds. The summed E-state index contributed by atoms with van der Waals surface area (Å²) in [4.78, 5) is 9.76. The van der Waals surface area contributed by atoms with Gasteiger partial charge in [0, 0.05) is 12.4 Å². The highest BCUT2D eigenvalue weighted by Gasteiger charge is 1.93. The van der Waals surface area contributed by atoms with E-state index in [0.717, 1.165) is 11.8 Å². The minimum Gasteiger partial charge on any atom is -0.473 e. The number of carboxylic acid groups (broad SMARTS) is 1. The fourth-order valence-electron chi connectivity index (χ4n) is 0.224. The van der Waals surface area contributed by atoms with Crippen LogP contribution in [0.4, 0.5) is 4.79 Å². The van der Waals surface area contributed by atoms with Crippen LogP contribution >= 0.6 is 11.8 Å². The smallest absolute Gasteiger partial charge is 0.364 e. The molecule has 0 aliphatic carbocycles. The highest BCUT2D eigenvalue weighted by Crippen LogP contribution is 2.01. The largest absolute Gasteiger partial charge is 0.473 e. The lowest BCUT2D eigenvalue weighted by molar-refractivity contribution is 0.222. The van der Waals surface area contributed by atoms with Crippen molar-refractivity contribution in [2.45, 2.75) is 6.42 Å². The third-order valence-corrected chi connectivity index (χ3v) is 1.27. The van der Waals surface area contributed by atoms with Crippen LogP contribution in [0.5, 0.6) is 0 Å². The first kappa shape index (κ1) is 7.78. The van der Waals surface area contributed by atoms with E-state index in [1.807, 2.05) is 0 Å². The van der Waals surface area contributed by atoms with Gasteiger partial charge in [0.1, 0.15) is 0 Å². The van der Waals surface area contributed by atoms with Gasteiger partial charge in [-0.05, 0) is 18.2 Å². The van der Waals surface area contributed by atoms with Gasteiger partial charge in [-0.25, -0.2) is 4.79 Å². The van der Waals surface area contributed by atoms with Crippen LogP contribution in [0.3, 0.4) is 0 Å². The molecule has 2 N–H and O–H groups in total. The second kappa shape index (κ2) is 4.93. The number of aliphatic hydroxyl groups excluding tert-OH is 1. The minimum atomic E-state index is -0.876. The van der Waals surface area contributed by atoms with Crippen molar-refractivity contribution >= 4 is 17.1 Å². The molecule has 0 saturated heterocycles. The van der Waals surface area contributed by atoms with Gasteiger partial charge < -0.3 is 10.2 Å². The van der Waals surface area contributed by atoms with Crippen LogP contribution in [-0.4, -0.2) is 27.9 Å². The van der Waals surface area contributed by atoms with Gasteiger partial charge in [-0.15, -0.1) is 0 Å². The highest BCUT2D eigenvalue weighted by molar-refractivity contribution is 8.13. The van der Waals surface area contributed by atoms with Crippen molar-refractivity contribution in [1.29, 1.82) is 0 Å². The van der Waals surface area contributed by atoms with Crippen molar-refractivity contribution in [3.8, 4) is 0 Å². The number of rotatable bonds is 3. The number of aliphatic hydroxyl groups is 1. The second-order valence-electron chi connectivity index (χ2n) is 1.19. The molecule has 0 unspecified atom stereocenters. The summed E-state index contributed by atoms with van der Waals surface area (Å²) in [7, 11) is 0. The average Bonchev–Trinajstić information content (AvgIpc) is 1.66. The number of carbonyl (C=O) groups is 1. The lowest BCUT2D eigenvalue weighted by Crippen LogP contribution is -1.89. The molecule has 0 aliphatic rings. The normalized spacial score (nSPS) is 9.12. The van der Waals surface area contributed by atoms with Crippen LogP contribution in [0.25, 0.3) is 0 Å². The second-order valence-corrected chi connectivity index (χ2v) is 2.24. The van der Waals surface area contributed by atoms with Crippen LogP contribution in [0.15, 0.2) is 0 Å². The molecule has 0 heterocycles. The standard InChI is InChI=1S/C4H8O3S/c5-2-1-3-8-4(6)7/h5H,1-3H2,(H,6,7). The summed E-state index contributed by atoms with van der Waals surface area (Å²) in [6.07, 6.45) is 0.553. The van der Waals surface area contributed by atoms with Crippen molar-refractivity contribution < 1.29 is 15.0 Å². The Labute approximate surface area is 51.7 Å². The van der Waals surface area contributed by atoms with Crippen LogP contribution in [0, 0.1) is 0 Å². The highest BCUT2D eigenvalue weighted by atomic mass is 32.2. The van der Waals surface area contributed by atoms with E-state index in [-0.39, 0.29) is 6.61 Å². The Bertz CT molecular complexity index is 73.7. The summed E-state index contributed by atoms with van der Waals surface area (Å²) in [6, 6.07) is 0. The lowest BCUT2D eigenvalue weighted by atomic mass is 10.5. The van der Waals surface area contributed by atoms with Crippen LogP contribution in [-0.2, 0) is 0 Å². The predicted octanol–water partition coefficient (Wildman–Crippen LogP) is 0.780. The van der Waals surface area contributed by atoms with Gasteiger partial charge in [0.25, 0.3) is 0 Å². The van der Waals surface area contributed by atoms with Crippen LogP contribution in [0.1, 0.15) is 6.42 Å². The maximum Gasteiger partial charge on any atom is 0.364 e. The summed E-state index contributed by atoms with van der Waals surface area (Å²) in [5.41, 5.74) is 0. The zero-order chi connectivity index (χ0) is 6.41. The third-order valence-electron chi connectivity index (χ3n) is 0.528. The molecule has 0 aromatic heterocycles. The van der Waals surface area contributed by atoms with Gasteiger partial charge in [0.05, 0.1) is 0 Å². The minimum absolute atomic E-state index is 0.0697. The number of hydrogen-bond acceptors (Lipinski definition) is 3. The molecule has 0 bridgehead atoms. The maximum absolute atomic E-state index is 9.76. The fraction of sp³-hybridized carbons (Fsp3) is 0.750. The molecular weight excluding hydrogens is 128 g/mol. The molecule has 0 aromatic carbocycles. The Balaban J connectivity index is 2.82. The number of hydrogen-bond donors (Lipinski definition) is 2. The lowest BCUT2D eigenvalue weighted by Gasteiger charge is -1.89. The SMILES string of the molecule is O=C(O)SCCCO. The van der Waals surface area contributed by atoms with E-state index in [1.165, 1.54) is 0 Å². The maximum atomic E-state index is 9.76. The summed E-state index contributed by atoms with van der Waals surface area (Å²) < 4.78 is 0. The average molecular weight is 136 g/mol. The van der Waals surface area contributed by atoms with E-state index >= 15 is 0 Å². The summed E-state index contributed by atoms with van der Waals surface area (Å²) in [5, 5.41) is 15.3. The van der Waals surface area contributed by atoms with E-state index in [9.17, 15) is 4.79 Å². The summed E-state index contributed by atoms with van der Waals surface area (Å²) >= 11 is 0.812. The molecule has 48 valence electrons. The first-order valence-corrected chi connectivity index (χ1v) is 3.22. The molecule has 8 heavy (non-hydrogen) atoms. The summed E-state index contributed by atoms with van der Waals surface area (Å²) in [5.74, 6) is 0.492. The van der Waals surface area contributed by atoms with Gasteiger partial charge in [0.2, 0.25) is 0 Å². The topological polar surface area (TPSA) is 57.5 Å². The fourth-order valence-corrected chi connectivity index (χ4v) is 0.672. The van der Waals surface area contributed by atoms with E-state index in [2.05, 4.69) is 0 Å². The Morgan fingerprint density at radius 3 is 2.62 bits per heavy atom. The molecular formula is C4H8O3S. The third kappa shape index (κ3) is 5.78. The molecule has 0 saturated carbocycles. The molecule has 0 aliphatic heterocycles. The molecule has 0 atom stereocenters. The Morgan fingerprint density at radius 1 is 1.62 bits per heavy atom. The summed E-state index contributed by atoms with van der Waals surface area (Å²) in [6.45, 7) is 0.0697. The van der Waals surface area contributed by atoms with Gasteiger partial charge in [-0.2, -0.15) is 0 Å². The van der Waals surface area contributed by atoms with Crippen molar-refractivity contribution in [2.24, 2.45) is 0 Å². The molecule has 0 aromatic rings. The van der Waals surface area contributed by atoms with Gasteiger partial charge >= 0.3 is 5.30 Å². The first-order valence-electron chi connectivity index (χ1n) is 2.24. The van der Waals surface area contributed by atoms with Crippen molar-refractivity contribution in [2.75, 3.05) is 12.4 Å². The molecule has 0 fully saturated rings. The zero-order valence-electron chi connectivity index (χ0n) is 4.33. The Kier molecular flexibility index (Phi) is 4.79. The predicted molar refractivity (Wildman–Crippen MR) is 32.2 cm³/mol.